The molecule has 0 aliphatic carbocycles. The van der Waals surface area contributed by atoms with Crippen molar-refractivity contribution >= 4 is 11.0 Å². The largest absolute Gasteiger partial charge is 0.423 e. The fourth-order valence-electron chi connectivity index (χ4n) is 4.98. The highest BCUT2D eigenvalue weighted by atomic mass is 16.4. The van der Waals surface area contributed by atoms with Crippen molar-refractivity contribution in [2.45, 2.75) is 39.3 Å². The second kappa shape index (κ2) is 6.45. The summed E-state index contributed by atoms with van der Waals surface area (Å²) < 4.78 is 7.40. The van der Waals surface area contributed by atoms with Crippen LogP contribution in [0.2, 0.25) is 0 Å². The molecule has 1 saturated heterocycles. The third-order valence-corrected chi connectivity index (χ3v) is 6.39. The first-order valence-corrected chi connectivity index (χ1v) is 9.94. The van der Waals surface area contributed by atoms with Crippen LogP contribution >= 0.6 is 0 Å². The Labute approximate surface area is 163 Å². The van der Waals surface area contributed by atoms with Crippen molar-refractivity contribution in [2.75, 3.05) is 13.1 Å². The number of aryl methyl sites for hydroxylation is 2. The molecule has 2 aliphatic rings. The average Bonchev–Trinajstić information content (AvgIpc) is 2.64. The Bertz CT molecular complexity index is 1190. The minimum Gasteiger partial charge on any atom is -0.423 e. The Morgan fingerprint density at radius 3 is 2.71 bits per heavy atom. The van der Waals surface area contributed by atoms with Gasteiger partial charge in [0.2, 0.25) is 0 Å². The molecule has 2 bridgehead atoms. The van der Waals surface area contributed by atoms with Crippen LogP contribution in [0.25, 0.3) is 11.0 Å². The Morgan fingerprint density at radius 1 is 1.04 bits per heavy atom. The Hall–Kier alpha value is -2.66. The standard InChI is InChI=1S/C23H24N2O3/c1-14-6-19-17(9-23(27)28-21(19)7-15(14)2)12-24-10-16-8-18(13-24)20-4-3-5-22(26)25(20)11-16/h3-7,9,16,18H,8,10-13H2,1-2H3. The minimum atomic E-state index is -0.292. The molecule has 5 heteroatoms. The van der Waals surface area contributed by atoms with E-state index in [1.54, 1.807) is 12.1 Å². The highest BCUT2D eigenvalue weighted by Gasteiger charge is 2.34. The van der Waals surface area contributed by atoms with Crippen LogP contribution in [0.5, 0.6) is 0 Å². The molecular weight excluding hydrogens is 352 g/mol. The summed E-state index contributed by atoms with van der Waals surface area (Å²) in [5, 5.41) is 1.02. The van der Waals surface area contributed by atoms with Crippen LogP contribution in [0.4, 0.5) is 0 Å². The lowest BCUT2D eigenvalue weighted by Crippen LogP contribution is -2.46. The molecule has 2 unspecified atom stereocenters. The number of piperidine rings is 1. The molecule has 2 aliphatic heterocycles. The topological polar surface area (TPSA) is 55.5 Å². The maximum atomic E-state index is 12.2. The average molecular weight is 376 g/mol. The van der Waals surface area contributed by atoms with Crippen LogP contribution in [0.1, 0.15) is 34.7 Å². The number of aromatic nitrogens is 1. The van der Waals surface area contributed by atoms with E-state index in [1.807, 2.05) is 23.6 Å². The fourth-order valence-corrected chi connectivity index (χ4v) is 4.98. The first kappa shape index (κ1) is 17.4. The number of hydrogen-bond donors (Lipinski definition) is 0. The molecule has 144 valence electrons. The van der Waals surface area contributed by atoms with E-state index in [0.29, 0.717) is 17.4 Å². The van der Waals surface area contributed by atoms with E-state index in [-0.39, 0.29) is 11.2 Å². The summed E-state index contributed by atoms with van der Waals surface area (Å²) >= 11 is 0. The van der Waals surface area contributed by atoms with Gasteiger partial charge in [0, 0.05) is 55.3 Å². The number of benzene rings is 1. The molecule has 0 radical (unpaired) electrons. The van der Waals surface area contributed by atoms with Gasteiger partial charge in [0.05, 0.1) is 0 Å². The summed E-state index contributed by atoms with van der Waals surface area (Å²) in [5.74, 6) is 0.846. The highest BCUT2D eigenvalue weighted by Crippen LogP contribution is 2.36. The normalized spacial score (nSPS) is 21.6. The Morgan fingerprint density at radius 2 is 1.86 bits per heavy atom. The van der Waals surface area contributed by atoms with Gasteiger partial charge in [0.25, 0.3) is 5.56 Å². The summed E-state index contributed by atoms with van der Waals surface area (Å²) in [4.78, 5) is 26.8. The summed E-state index contributed by atoms with van der Waals surface area (Å²) in [5.41, 5.74) is 4.99. The molecule has 0 N–H and O–H groups in total. The van der Waals surface area contributed by atoms with Crippen molar-refractivity contribution < 1.29 is 4.42 Å². The molecule has 0 spiro atoms. The molecular formula is C23H24N2O3. The highest BCUT2D eigenvalue weighted by molar-refractivity contribution is 5.81. The number of likely N-dealkylation sites (tertiary alicyclic amines) is 1. The molecule has 1 aromatic carbocycles. The van der Waals surface area contributed by atoms with Crippen molar-refractivity contribution in [3.8, 4) is 0 Å². The zero-order valence-corrected chi connectivity index (χ0v) is 16.3. The van der Waals surface area contributed by atoms with Gasteiger partial charge in [-0.3, -0.25) is 9.69 Å². The van der Waals surface area contributed by atoms with Gasteiger partial charge in [-0.05, 0) is 61.1 Å². The predicted molar refractivity (Wildman–Crippen MR) is 109 cm³/mol. The van der Waals surface area contributed by atoms with Crippen LogP contribution in [-0.4, -0.2) is 22.6 Å². The summed E-state index contributed by atoms with van der Waals surface area (Å²) in [6, 6.07) is 11.3. The quantitative estimate of drug-likeness (QED) is 0.645. The van der Waals surface area contributed by atoms with Crippen LogP contribution in [-0.2, 0) is 13.1 Å². The molecule has 3 aromatic rings. The van der Waals surface area contributed by atoms with E-state index in [1.165, 1.54) is 5.56 Å². The molecule has 4 heterocycles. The zero-order chi connectivity index (χ0) is 19.4. The molecule has 5 nitrogen and oxygen atoms in total. The lowest BCUT2D eigenvalue weighted by molar-refractivity contribution is 0.114. The SMILES string of the molecule is Cc1cc2oc(=O)cc(CN3CC4CC(C3)c3cccc(=O)n3C4)c2cc1C. The molecule has 0 saturated carbocycles. The Kier molecular flexibility index (Phi) is 4.02. The van der Waals surface area contributed by atoms with Gasteiger partial charge in [-0.25, -0.2) is 4.79 Å². The van der Waals surface area contributed by atoms with Crippen molar-refractivity contribution in [1.82, 2.24) is 9.47 Å². The maximum Gasteiger partial charge on any atom is 0.336 e. The first-order chi connectivity index (χ1) is 13.5. The Balaban J connectivity index is 1.49. The van der Waals surface area contributed by atoms with Gasteiger partial charge in [0.15, 0.2) is 0 Å². The van der Waals surface area contributed by atoms with Gasteiger partial charge >= 0.3 is 5.63 Å². The van der Waals surface area contributed by atoms with E-state index in [0.717, 1.165) is 54.8 Å². The van der Waals surface area contributed by atoms with E-state index in [4.69, 9.17) is 4.42 Å². The molecule has 28 heavy (non-hydrogen) atoms. The maximum absolute atomic E-state index is 12.2. The number of fused-ring (bicyclic) bond motifs is 5. The third-order valence-electron chi connectivity index (χ3n) is 6.39. The molecule has 1 fully saturated rings. The van der Waals surface area contributed by atoms with Crippen LogP contribution in [0.15, 0.2) is 50.4 Å². The van der Waals surface area contributed by atoms with Gasteiger partial charge in [-0.1, -0.05) is 6.07 Å². The second-order valence-corrected chi connectivity index (χ2v) is 8.42. The second-order valence-electron chi connectivity index (χ2n) is 8.42. The minimum absolute atomic E-state index is 0.109. The van der Waals surface area contributed by atoms with Gasteiger partial charge in [-0.15, -0.1) is 0 Å². The van der Waals surface area contributed by atoms with Gasteiger partial charge in [-0.2, -0.15) is 0 Å². The predicted octanol–water partition coefficient (Wildman–Crippen LogP) is 3.19. The summed E-state index contributed by atoms with van der Waals surface area (Å²) in [7, 11) is 0. The molecule has 0 amide bonds. The van der Waals surface area contributed by atoms with Gasteiger partial charge in [0.1, 0.15) is 5.58 Å². The number of nitrogens with zero attached hydrogens (tertiary/aromatic N) is 2. The smallest absolute Gasteiger partial charge is 0.336 e. The van der Waals surface area contributed by atoms with E-state index >= 15 is 0 Å². The van der Waals surface area contributed by atoms with Crippen LogP contribution in [0, 0.1) is 19.8 Å². The van der Waals surface area contributed by atoms with Crippen molar-refractivity contribution in [1.29, 1.82) is 0 Å². The first-order valence-electron chi connectivity index (χ1n) is 9.94. The number of hydrogen-bond acceptors (Lipinski definition) is 4. The lowest BCUT2D eigenvalue weighted by atomic mass is 9.83. The fraction of sp³-hybridized carbons (Fsp3) is 0.391. The summed E-state index contributed by atoms with van der Waals surface area (Å²) in [6.45, 7) is 7.50. The van der Waals surface area contributed by atoms with E-state index in [2.05, 4.69) is 24.0 Å². The van der Waals surface area contributed by atoms with Gasteiger partial charge < -0.3 is 8.98 Å². The summed E-state index contributed by atoms with van der Waals surface area (Å²) in [6.07, 6.45) is 1.13. The monoisotopic (exact) mass is 376 g/mol. The van der Waals surface area contributed by atoms with Crippen molar-refractivity contribution in [3.63, 3.8) is 0 Å². The third kappa shape index (κ3) is 2.90. The van der Waals surface area contributed by atoms with E-state index < -0.39 is 0 Å². The lowest BCUT2D eigenvalue weighted by Gasteiger charge is -2.42. The molecule has 2 aromatic heterocycles. The van der Waals surface area contributed by atoms with Crippen LogP contribution < -0.4 is 11.2 Å². The molecule has 5 rings (SSSR count). The number of pyridine rings is 1. The molecule has 2 atom stereocenters. The van der Waals surface area contributed by atoms with Crippen LogP contribution in [0.3, 0.4) is 0 Å². The van der Waals surface area contributed by atoms with Crippen molar-refractivity contribution in [2.24, 2.45) is 5.92 Å². The van der Waals surface area contributed by atoms with Crippen molar-refractivity contribution in [3.05, 3.63) is 79.6 Å². The zero-order valence-electron chi connectivity index (χ0n) is 16.3. The number of rotatable bonds is 2. The van der Waals surface area contributed by atoms with E-state index in [9.17, 15) is 9.59 Å².